The monoisotopic (exact) mass is 511 g/mol. The average Bonchev–Trinajstić information content (AvgIpc) is 3.38. The number of fused-ring (bicyclic) bond motifs is 1. The number of thiophene rings is 1. The van der Waals surface area contributed by atoms with Gasteiger partial charge in [0.2, 0.25) is 5.91 Å². The van der Waals surface area contributed by atoms with Gasteiger partial charge in [0, 0.05) is 12.6 Å². The van der Waals surface area contributed by atoms with E-state index in [4.69, 9.17) is 11.5 Å². The van der Waals surface area contributed by atoms with E-state index in [1.807, 2.05) is 0 Å². The van der Waals surface area contributed by atoms with Gasteiger partial charge in [-0.25, -0.2) is 9.78 Å². The number of hydrogen-bond acceptors (Lipinski definition) is 9. The van der Waals surface area contributed by atoms with Crippen molar-refractivity contribution in [2.24, 2.45) is 16.5 Å². The Balaban J connectivity index is 1.76. The fraction of sp³-hybridized carbons (Fsp3) is 0.176. The summed E-state index contributed by atoms with van der Waals surface area (Å²) in [4.78, 5) is 42.9. The van der Waals surface area contributed by atoms with Gasteiger partial charge in [-0.15, -0.1) is 11.3 Å². The zero-order valence-corrected chi connectivity index (χ0v) is 19.0. The summed E-state index contributed by atoms with van der Waals surface area (Å²) in [6.45, 7) is 0. The number of hydrogen-bond donors (Lipinski definition) is 5. The number of aliphatic carboxylic acids is 1. The number of guanidine groups is 1. The van der Waals surface area contributed by atoms with Crippen LogP contribution in [0.15, 0.2) is 39.9 Å². The lowest BCUT2D eigenvalue weighted by Crippen LogP contribution is -2.41. The number of carboxylic acid groups (broad SMARTS) is 1. The number of amides is 2. The first-order chi connectivity index (χ1) is 15.6. The van der Waals surface area contributed by atoms with Crippen molar-refractivity contribution < 1.29 is 27.9 Å². The van der Waals surface area contributed by atoms with Crippen molar-refractivity contribution >= 4 is 72.4 Å². The van der Waals surface area contributed by atoms with E-state index in [1.165, 1.54) is 23.8 Å². The van der Waals surface area contributed by atoms with E-state index in [2.05, 4.69) is 24.4 Å². The second-order valence-corrected chi connectivity index (χ2v) is 9.80. The van der Waals surface area contributed by atoms with Crippen molar-refractivity contribution in [2.45, 2.75) is 23.9 Å². The van der Waals surface area contributed by atoms with Crippen LogP contribution in [0.4, 0.5) is 5.69 Å². The van der Waals surface area contributed by atoms with Gasteiger partial charge in [-0.3, -0.25) is 14.3 Å². The number of sulfonamides is 1. The smallest absolute Gasteiger partial charge is 0.326 e. The van der Waals surface area contributed by atoms with Crippen molar-refractivity contribution in [1.29, 1.82) is 0 Å². The maximum Gasteiger partial charge on any atom is 0.326 e. The van der Waals surface area contributed by atoms with Gasteiger partial charge in [-0.2, -0.15) is 17.8 Å². The highest BCUT2D eigenvalue weighted by Gasteiger charge is 2.26. The van der Waals surface area contributed by atoms with Crippen molar-refractivity contribution in [3.05, 3.63) is 34.8 Å². The predicted octanol–water partition coefficient (Wildman–Crippen LogP) is 0.317. The Labute approximate surface area is 194 Å². The Hall–Kier alpha value is -3.63. The third-order valence-corrected chi connectivity index (χ3v) is 7.12. The van der Waals surface area contributed by atoms with Gasteiger partial charge in [0.15, 0.2) is 11.0 Å². The summed E-state index contributed by atoms with van der Waals surface area (Å²) in [5, 5.41) is 13.2. The summed E-state index contributed by atoms with van der Waals surface area (Å²) < 4.78 is 32.7. The topological polar surface area (TPSA) is 220 Å². The molecule has 2 amide bonds. The van der Waals surface area contributed by atoms with E-state index in [1.54, 1.807) is 6.07 Å². The normalized spacial score (nSPS) is 12.1. The van der Waals surface area contributed by atoms with Crippen LogP contribution in [0.25, 0.3) is 10.1 Å². The molecule has 1 atom stereocenters. The summed E-state index contributed by atoms with van der Waals surface area (Å²) in [5.74, 6) is -3.44. The van der Waals surface area contributed by atoms with Crippen molar-refractivity contribution in [1.82, 2.24) is 14.7 Å². The molecule has 3 aromatic rings. The predicted molar refractivity (Wildman–Crippen MR) is 121 cm³/mol. The van der Waals surface area contributed by atoms with E-state index in [0.717, 1.165) is 22.9 Å². The number of pyridine rings is 1. The first-order valence-electron chi connectivity index (χ1n) is 9.04. The van der Waals surface area contributed by atoms with Gasteiger partial charge in [0.25, 0.3) is 15.9 Å². The minimum Gasteiger partial charge on any atom is -0.480 e. The zero-order valence-electron chi connectivity index (χ0n) is 16.6. The second-order valence-electron chi connectivity index (χ2n) is 6.46. The van der Waals surface area contributed by atoms with Crippen LogP contribution in [0.2, 0.25) is 0 Å². The molecule has 3 aromatic heterocycles. The Morgan fingerprint density at radius 3 is 2.70 bits per heavy atom. The third kappa shape index (κ3) is 5.79. The van der Waals surface area contributed by atoms with E-state index in [-0.39, 0.29) is 28.4 Å². The van der Waals surface area contributed by atoms with Gasteiger partial charge in [-0.1, -0.05) is 0 Å². The van der Waals surface area contributed by atoms with E-state index in [0.29, 0.717) is 10.1 Å². The van der Waals surface area contributed by atoms with Crippen LogP contribution in [0.1, 0.15) is 22.5 Å². The number of nitrogens with zero attached hydrogens (tertiary/aromatic N) is 3. The van der Waals surface area contributed by atoms with Crippen LogP contribution in [0, 0.1) is 0 Å². The molecule has 3 rings (SSSR count). The molecule has 33 heavy (non-hydrogen) atoms. The summed E-state index contributed by atoms with van der Waals surface area (Å²) in [5.41, 5.74) is 10.1. The molecule has 13 nitrogen and oxygen atoms in total. The number of carbonyl (C=O) groups is 3. The number of nitrogens with one attached hydrogen (secondary N) is 2. The summed E-state index contributed by atoms with van der Waals surface area (Å²) in [7, 11) is -4.18. The van der Waals surface area contributed by atoms with Gasteiger partial charge >= 0.3 is 5.97 Å². The first-order valence-corrected chi connectivity index (χ1v) is 12.2. The molecule has 0 aliphatic carbocycles. The fourth-order valence-electron chi connectivity index (χ4n) is 2.69. The Morgan fingerprint density at radius 1 is 1.24 bits per heavy atom. The molecule has 3 heterocycles. The maximum atomic E-state index is 12.9. The molecule has 0 radical (unpaired) electrons. The van der Waals surface area contributed by atoms with Gasteiger partial charge in [0.1, 0.15) is 10.9 Å². The molecule has 0 aliphatic rings. The maximum absolute atomic E-state index is 12.9. The lowest BCUT2D eigenvalue weighted by molar-refractivity contribution is -0.139. The highest BCUT2D eigenvalue weighted by Crippen LogP contribution is 2.28. The molecule has 0 saturated heterocycles. The van der Waals surface area contributed by atoms with Crippen LogP contribution in [-0.4, -0.2) is 52.7 Å². The Bertz CT molecular complexity index is 1340. The summed E-state index contributed by atoms with van der Waals surface area (Å²) in [6.07, 6.45) is 2.10. The molecule has 0 bridgehead atoms. The molecule has 0 unspecified atom stereocenters. The quantitative estimate of drug-likeness (QED) is 0.195. The molecule has 0 aliphatic heterocycles. The molecule has 0 saturated carbocycles. The second kappa shape index (κ2) is 9.88. The highest BCUT2D eigenvalue weighted by molar-refractivity contribution is 7.92. The lowest BCUT2D eigenvalue weighted by Gasteiger charge is -2.14. The lowest BCUT2D eigenvalue weighted by atomic mass is 10.1. The molecule has 0 fully saturated rings. The average molecular weight is 512 g/mol. The number of nitrogens with two attached hydrogens (primary N) is 2. The van der Waals surface area contributed by atoms with Crippen LogP contribution in [0.3, 0.4) is 0 Å². The van der Waals surface area contributed by atoms with E-state index < -0.39 is 39.8 Å². The van der Waals surface area contributed by atoms with Crippen LogP contribution >= 0.6 is 22.9 Å². The number of carboxylic acids is 1. The largest absolute Gasteiger partial charge is 0.480 e. The van der Waals surface area contributed by atoms with Crippen molar-refractivity contribution in [2.75, 3.05) is 4.72 Å². The van der Waals surface area contributed by atoms with Crippen LogP contribution in [-0.2, 0) is 19.6 Å². The molecular weight excluding hydrogens is 494 g/mol. The highest BCUT2D eigenvalue weighted by atomic mass is 32.2. The van der Waals surface area contributed by atoms with Crippen molar-refractivity contribution in [3.8, 4) is 0 Å². The summed E-state index contributed by atoms with van der Waals surface area (Å²) >= 11 is 2.01. The van der Waals surface area contributed by atoms with Gasteiger partial charge in [-0.05, 0) is 35.5 Å². The Morgan fingerprint density at radius 2 is 2.00 bits per heavy atom. The molecule has 174 valence electrons. The van der Waals surface area contributed by atoms with E-state index in [9.17, 15) is 27.9 Å². The van der Waals surface area contributed by atoms with Crippen LogP contribution < -0.4 is 21.5 Å². The molecule has 0 spiro atoms. The fourth-order valence-corrected chi connectivity index (χ4v) is 5.42. The first kappa shape index (κ1) is 24.0. The number of carbonyl (C=O) groups excluding carboxylic acids is 2. The minimum absolute atomic E-state index is 0.0554. The van der Waals surface area contributed by atoms with Crippen LogP contribution in [0.5, 0.6) is 0 Å². The molecule has 7 N–H and O–H groups in total. The zero-order chi connectivity index (χ0) is 24.2. The van der Waals surface area contributed by atoms with Crippen molar-refractivity contribution in [3.63, 3.8) is 0 Å². The molecular formula is C17H17N7O6S3. The number of aliphatic imine (C=N–C) groups is 1. The standard InChI is InChI=1S/C17H17N7O6S3/c18-17(19)23-12(25)2-1-10(16(27)28)22-14(26)13-9(4-6-31-13)24-33(29,30)15-8-7-21-32-11(8)3-5-20-15/h3-7,10,24H,1-2H2,(H,22,26)(H,27,28)(H4,18,19,23,25)/t10-/m0/s1. The molecule has 0 aromatic carbocycles. The number of rotatable bonds is 9. The van der Waals surface area contributed by atoms with Gasteiger partial charge < -0.3 is 21.9 Å². The third-order valence-electron chi connectivity index (χ3n) is 4.12. The minimum atomic E-state index is -4.18. The van der Waals surface area contributed by atoms with E-state index >= 15 is 0 Å². The van der Waals surface area contributed by atoms with Gasteiger partial charge in [0.05, 0.1) is 22.0 Å². The number of anilines is 1. The molecule has 16 heteroatoms. The SMILES string of the molecule is NC(N)=NC(=O)CC[C@H](NC(=O)c1sccc1NS(=O)(=O)c1nccc2sncc12)C(=O)O. The Kier molecular flexibility index (Phi) is 7.19. The number of aromatic nitrogens is 2. The summed E-state index contributed by atoms with van der Waals surface area (Å²) in [6, 6.07) is 1.55.